The minimum absolute atomic E-state index is 0.271. The number of nitrogens with one attached hydrogen (secondary N) is 1. The average molecular weight is 237 g/mol. The molecule has 0 bridgehead atoms. The molecule has 18 heavy (non-hydrogen) atoms. The van der Waals surface area contributed by atoms with Gasteiger partial charge in [0.25, 0.3) is 0 Å². The second kappa shape index (κ2) is 5.13. The molecule has 0 saturated heterocycles. The fourth-order valence-corrected chi connectivity index (χ4v) is 1.78. The van der Waals surface area contributed by atoms with Gasteiger partial charge in [-0.25, -0.2) is 4.98 Å². The Labute approximate surface area is 105 Å². The number of rotatable bonds is 3. The fraction of sp³-hybridized carbons (Fsp3) is 0.154. The zero-order valence-electron chi connectivity index (χ0n) is 9.88. The van der Waals surface area contributed by atoms with Gasteiger partial charge in [-0.3, -0.25) is 4.57 Å². The molecular formula is C13H11N5. The van der Waals surface area contributed by atoms with Crippen LogP contribution in [0.5, 0.6) is 0 Å². The molecule has 0 saturated carbocycles. The third kappa shape index (κ3) is 2.08. The molecule has 0 radical (unpaired) electrons. The van der Waals surface area contributed by atoms with Gasteiger partial charge in [-0.1, -0.05) is 6.07 Å². The summed E-state index contributed by atoms with van der Waals surface area (Å²) in [5, 5.41) is 21.2. The molecule has 0 atom stereocenters. The normalized spacial score (nSPS) is 9.72. The van der Waals surface area contributed by atoms with Gasteiger partial charge in [0, 0.05) is 18.9 Å². The summed E-state index contributed by atoms with van der Waals surface area (Å²) in [5.41, 5.74) is 2.22. The van der Waals surface area contributed by atoms with Gasteiger partial charge in [-0.05, 0) is 24.7 Å². The summed E-state index contributed by atoms with van der Waals surface area (Å²) in [6, 6.07) is 9.71. The van der Waals surface area contributed by atoms with Crippen LogP contribution in [0.1, 0.15) is 17.0 Å². The average Bonchev–Trinajstić information content (AvgIpc) is 2.87. The lowest BCUT2D eigenvalue weighted by molar-refractivity contribution is 0.816. The summed E-state index contributed by atoms with van der Waals surface area (Å²) < 4.78 is 1.61. The molecule has 1 aromatic carbocycles. The van der Waals surface area contributed by atoms with Crippen molar-refractivity contribution in [3.8, 4) is 17.8 Å². The number of benzene rings is 1. The van der Waals surface area contributed by atoms with Crippen molar-refractivity contribution in [1.29, 1.82) is 10.5 Å². The van der Waals surface area contributed by atoms with Crippen molar-refractivity contribution >= 4 is 0 Å². The highest BCUT2D eigenvalue weighted by Gasteiger charge is 2.09. The summed E-state index contributed by atoms with van der Waals surface area (Å²) in [6.07, 6.45) is 3.22. The highest BCUT2D eigenvalue weighted by molar-refractivity contribution is 5.52. The largest absolute Gasteiger partial charge is 0.316 e. The van der Waals surface area contributed by atoms with Crippen LogP contribution in [0.3, 0.4) is 0 Å². The van der Waals surface area contributed by atoms with E-state index in [-0.39, 0.29) is 5.82 Å². The van der Waals surface area contributed by atoms with E-state index >= 15 is 0 Å². The van der Waals surface area contributed by atoms with Crippen molar-refractivity contribution in [2.24, 2.45) is 0 Å². The van der Waals surface area contributed by atoms with Crippen LogP contribution in [0, 0.1) is 22.7 Å². The molecule has 0 aliphatic rings. The Morgan fingerprint density at radius 2 is 2.17 bits per heavy atom. The van der Waals surface area contributed by atoms with Crippen LogP contribution in [0.4, 0.5) is 0 Å². The Balaban J connectivity index is 2.53. The van der Waals surface area contributed by atoms with Gasteiger partial charge in [0.1, 0.15) is 12.1 Å². The highest BCUT2D eigenvalue weighted by atomic mass is 15.1. The third-order valence-electron chi connectivity index (χ3n) is 2.56. The van der Waals surface area contributed by atoms with Gasteiger partial charge in [0.05, 0.1) is 11.3 Å². The molecule has 2 rings (SSSR count). The number of nitriles is 2. The van der Waals surface area contributed by atoms with E-state index in [1.165, 1.54) is 0 Å². The zero-order valence-corrected chi connectivity index (χ0v) is 9.88. The zero-order chi connectivity index (χ0) is 13.0. The van der Waals surface area contributed by atoms with Crippen LogP contribution in [-0.4, -0.2) is 16.6 Å². The third-order valence-corrected chi connectivity index (χ3v) is 2.56. The van der Waals surface area contributed by atoms with Gasteiger partial charge in [0.2, 0.25) is 5.82 Å². The van der Waals surface area contributed by atoms with Crippen molar-refractivity contribution in [3.05, 3.63) is 47.5 Å². The van der Waals surface area contributed by atoms with Crippen molar-refractivity contribution in [1.82, 2.24) is 14.9 Å². The summed E-state index contributed by atoms with van der Waals surface area (Å²) in [6.45, 7) is 0.698. The Hall–Kier alpha value is -2.63. The summed E-state index contributed by atoms with van der Waals surface area (Å²) in [5.74, 6) is 0.271. The number of nitrogens with zero attached hydrogens (tertiary/aromatic N) is 4. The first-order valence-electron chi connectivity index (χ1n) is 5.41. The second-order valence-corrected chi connectivity index (χ2v) is 3.73. The van der Waals surface area contributed by atoms with Crippen LogP contribution >= 0.6 is 0 Å². The molecule has 1 N–H and O–H groups in total. The van der Waals surface area contributed by atoms with Crippen LogP contribution in [-0.2, 0) is 6.54 Å². The Morgan fingerprint density at radius 1 is 1.33 bits per heavy atom. The van der Waals surface area contributed by atoms with E-state index in [0.29, 0.717) is 17.8 Å². The maximum Gasteiger partial charge on any atom is 0.217 e. The van der Waals surface area contributed by atoms with E-state index in [9.17, 15) is 5.26 Å². The van der Waals surface area contributed by atoms with Gasteiger partial charge in [-0.2, -0.15) is 10.5 Å². The number of hydrogen-bond donors (Lipinski definition) is 1. The molecule has 88 valence electrons. The van der Waals surface area contributed by atoms with Gasteiger partial charge in [0.15, 0.2) is 0 Å². The van der Waals surface area contributed by atoms with Crippen LogP contribution < -0.4 is 5.32 Å². The smallest absolute Gasteiger partial charge is 0.217 e. The molecule has 2 aromatic rings. The predicted octanol–water partition coefficient (Wildman–Crippen LogP) is 1.34. The summed E-state index contributed by atoms with van der Waals surface area (Å²) >= 11 is 0. The fourth-order valence-electron chi connectivity index (χ4n) is 1.78. The first-order chi connectivity index (χ1) is 8.80. The predicted molar refractivity (Wildman–Crippen MR) is 65.8 cm³/mol. The molecule has 0 fully saturated rings. The van der Waals surface area contributed by atoms with E-state index in [1.807, 2.05) is 31.3 Å². The lowest BCUT2D eigenvalue weighted by Crippen LogP contribution is -2.06. The first-order valence-corrected chi connectivity index (χ1v) is 5.41. The van der Waals surface area contributed by atoms with Crippen molar-refractivity contribution in [3.63, 3.8) is 0 Å². The lowest BCUT2D eigenvalue weighted by Gasteiger charge is -2.08. The molecule has 5 nitrogen and oxygen atoms in total. The van der Waals surface area contributed by atoms with E-state index in [1.54, 1.807) is 17.0 Å². The molecule has 5 heteroatoms. The van der Waals surface area contributed by atoms with Crippen LogP contribution in [0.25, 0.3) is 5.69 Å². The summed E-state index contributed by atoms with van der Waals surface area (Å²) in [4.78, 5) is 3.93. The van der Waals surface area contributed by atoms with E-state index in [0.717, 1.165) is 5.56 Å². The SMILES string of the molecule is CNCc1ccc(-n2ccnc2C#N)c(C#N)c1. The molecule has 0 aliphatic heterocycles. The number of imidazole rings is 1. The van der Waals surface area contributed by atoms with Gasteiger partial charge in [-0.15, -0.1) is 0 Å². The van der Waals surface area contributed by atoms with Crippen LogP contribution in [0.2, 0.25) is 0 Å². The number of hydrogen-bond acceptors (Lipinski definition) is 4. The maximum atomic E-state index is 9.19. The molecule has 0 spiro atoms. The number of aromatic nitrogens is 2. The van der Waals surface area contributed by atoms with Gasteiger partial charge < -0.3 is 5.32 Å². The molecule has 1 aromatic heterocycles. The monoisotopic (exact) mass is 237 g/mol. The van der Waals surface area contributed by atoms with Crippen LogP contribution in [0.15, 0.2) is 30.6 Å². The molecule has 0 aliphatic carbocycles. The quantitative estimate of drug-likeness (QED) is 0.873. The Bertz CT molecular complexity index is 642. The Kier molecular flexibility index (Phi) is 3.38. The highest BCUT2D eigenvalue weighted by Crippen LogP contribution is 2.17. The minimum atomic E-state index is 0.271. The van der Waals surface area contributed by atoms with Crippen molar-refractivity contribution in [2.75, 3.05) is 7.05 Å². The minimum Gasteiger partial charge on any atom is -0.316 e. The molecule has 0 amide bonds. The summed E-state index contributed by atoms with van der Waals surface area (Å²) in [7, 11) is 1.85. The van der Waals surface area contributed by atoms with E-state index in [4.69, 9.17) is 5.26 Å². The van der Waals surface area contributed by atoms with Gasteiger partial charge >= 0.3 is 0 Å². The van der Waals surface area contributed by atoms with Crippen molar-refractivity contribution < 1.29 is 0 Å². The van der Waals surface area contributed by atoms with E-state index < -0.39 is 0 Å². The van der Waals surface area contributed by atoms with E-state index in [2.05, 4.69) is 16.4 Å². The molecular weight excluding hydrogens is 226 g/mol. The Morgan fingerprint density at radius 3 is 2.83 bits per heavy atom. The first kappa shape index (κ1) is 11.8. The maximum absolute atomic E-state index is 9.19. The molecule has 1 heterocycles. The van der Waals surface area contributed by atoms with Crippen molar-refractivity contribution in [2.45, 2.75) is 6.54 Å². The second-order valence-electron chi connectivity index (χ2n) is 3.73. The molecule has 0 unspecified atom stereocenters. The topological polar surface area (TPSA) is 77.4 Å². The standard InChI is InChI=1S/C13H11N5/c1-16-9-10-2-3-12(11(6-10)7-14)18-5-4-17-13(18)8-15/h2-6,16H,9H2,1H3. The lowest BCUT2D eigenvalue weighted by atomic mass is 10.1.